The molecule has 5 heteroatoms. The van der Waals surface area contributed by atoms with Gasteiger partial charge in [-0.05, 0) is 19.3 Å². The molecule has 0 bridgehead atoms. The van der Waals surface area contributed by atoms with E-state index in [0.29, 0.717) is 0 Å². The average Bonchev–Trinajstić information content (AvgIpc) is 2.63. The van der Waals surface area contributed by atoms with Gasteiger partial charge in [-0.2, -0.15) is 0 Å². The average molecular weight is 286 g/mol. The molecule has 0 radical (unpaired) electrons. The highest BCUT2D eigenvalue weighted by molar-refractivity contribution is 5.67. The fraction of sp³-hybridized carbons (Fsp3) is 0.800. The van der Waals surface area contributed by atoms with Gasteiger partial charge in [-0.3, -0.25) is 4.79 Å². The summed E-state index contributed by atoms with van der Waals surface area (Å²) >= 11 is 0. The third kappa shape index (κ3) is 5.61. The number of carboxylic acid groups (broad SMARTS) is 1. The fourth-order valence-electron chi connectivity index (χ4n) is 2.85. The van der Waals surface area contributed by atoms with Gasteiger partial charge in [-0.1, -0.05) is 25.0 Å². The molecule has 20 heavy (non-hydrogen) atoms. The van der Waals surface area contributed by atoms with Crippen LogP contribution in [0.1, 0.15) is 44.9 Å². The normalized spacial score (nSPS) is 30.1. The quantitative estimate of drug-likeness (QED) is 0.378. The van der Waals surface area contributed by atoms with Gasteiger partial charge >= 0.3 is 5.97 Å². The second kappa shape index (κ2) is 9.10. The summed E-state index contributed by atoms with van der Waals surface area (Å²) in [6.07, 6.45) is 7.39. The third-order valence-corrected chi connectivity index (χ3v) is 3.96. The maximum Gasteiger partial charge on any atom is 0.303 e. The van der Waals surface area contributed by atoms with Gasteiger partial charge in [0.1, 0.15) is 0 Å². The Hall–Kier alpha value is -0.910. The highest BCUT2D eigenvalue weighted by atomic mass is 16.4. The maximum absolute atomic E-state index is 10.8. The van der Waals surface area contributed by atoms with Crippen molar-refractivity contribution in [1.29, 1.82) is 0 Å². The van der Waals surface area contributed by atoms with Crippen LogP contribution in [0.5, 0.6) is 0 Å². The first kappa shape index (κ1) is 17.1. The van der Waals surface area contributed by atoms with Crippen molar-refractivity contribution in [2.24, 2.45) is 11.8 Å². The lowest BCUT2D eigenvalue weighted by Crippen LogP contribution is -2.23. The van der Waals surface area contributed by atoms with Gasteiger partial charge in [0.15, 0.2) is 0 Å². The van der Waals surface area contributed by atoms with Gasteiger partial charge in [0.25, 0.3) is 0 Å². The van der Waals surface area contributed by atoms with Gasteiger partial charge in [0.2, 0.25) is 0 Å². The number of carboxylic acids is 1. The number of aliphatic hydroxyl groups is 3. The summed E-state index contributed by atoms with van der Waals surface area (Å²) in [7, 11) is 0. The minimum atomic E-state index is -0.939. The van der Waals surface area contributed by atoms with Crippen molar-refractivity contribution in [3.8, 4) is 0 Å². The topological polar surface area (TPSA) is 98.0 Å². The van der Waals surface area contributed by atoms with Crippen LogP contribution in [-0.4, -0.2) is 45.2 Å². The third-order valence-electron chi connectivity index (χ3n) is 3.96. The van der Waals surface area contributed by atoms with E-state index in [1.54, 1.807) is 0 Å². The molecule has 1 aliphatic carbocycles. The van der Waals surface area contributed by atoms with Crippen molar-refractivity contribution in [1.82, 2.24) is 0 Å². The van der Waals surface area contributed by atoms with Crippen LogP contribution < -0.4 is 0 Å². The Balaban J connectivity index is 2.36. The van der Waals surface area contributed by atoms with E-state index in [0.717, 1.165) is 32.1 Å². The Morgan fingerprint density at radius 1 is 1.10 bits per heavy atom. The molecule has 1 rings (SSSR count). The minimum Gasteiger partial charge on any atom is -0.481 e. The number of hydrogen-bond donors (Lipinski definition) is 4. The summed E-state index contributed by atoms with van der Waals surface area (Å²) < 4.78 is 0. The van der Waals surface area contributed by atoms with Crippen molar-refractivity contribution in [3.05, 3.63) is 12.2 Å². The summed E-state index contributed by atoms with van der Waals surface area (Å²) in [6, 6.07) is 0. The summed E-state index contributed by atoms with van der Waals surface area (Å²) in [5.41, 5.74) is 0. The first-order chi connectivity index (χ1) is 9.56. The molecular formula is C15H26O5. The molecule has 4 N–H and O–H groups in total. The molecule has 0 spiro atoms. The van der Waals surface area contributed by atoms with Crippen LogP contribution in [0.25, 0.3) is 0 Å². The van der Waals surface area contributed by atoms with E-state index < -0.39 is 24.1 Å². The largest absolute Gasteiger partial charge is 0.481 e. The number of allylic oxidation sites excluding steroid dienone is 1. The smallest absolute Gasteiger partial charge is 0.303 e. The number of carbonyl (C=O) groups is 1. The molecule has 0 saturated heterocycles. The Bertz CT molecular complexity index is 315. The van der Waals surface area contributed by atoms with Crippen LogP contribution in [0.4, 0.5) is 0 Å². The zero-order valence-corrected chi connectivity index (χ0v) is 11.8. The van der Waals surface area contributed by atoms with Crippen LogP contribution >= 0.6 is 0 Å². The lowest BCUT2D eigenvalue weighted by molar-refractivity contribution is -0.139. The van der Waals surface area contributed by atoms with Crippen LogP contribution in [0.2, 0.25) is 0 Å². The molecule has 0 aromatic heterocycles. The molecule has 116 valence electrons. The molecule has 0 aromatic carbocycles. The van der Waals surface area contributed by atoms with Gasteiger partial charge < -0.3 is 20.4 Å². The summed E-state index contributed by atoms with van der Waals surface area (Å²) in [5, 5.41) is 37.2. The molecule has 4 atom stereocenters. The van der Waals surface area contributed by atoms with Crippen molar-refractivity contribution < 1.29 is 25.2 Å². The molecule has 0 heterocycles. The van der Waals surface area contributed by atoms with Crippen molar-refractivity contribution in [3.63, 3.8) is 0 Å². The zero-order valence-electron chi connectivity index (χ0n) is 11.8. The number of hydrogen-bond acceptors (Lipinski definition) is 4. The number of aliphatic carboxylic acids is 1. The second-order valence-electron chi connectivity index (χ2n) is 5.56. The molecule has 1 fully saturated rings. The number of aliphatic hydroxyl groups excluding tert-OH is 3. The monoisotopic (exact) mass is 286 g/mol. The molecule has 1 saturated carbocycles. The Kier molecular flexibility index (Phi) is 7.80. The molecule has 5 nitrogen and oxygen atoms in total. The number of unbranched alkanes of at least 4 members (excludes halogenated alkanes) is 4. The van der Waals surface area contributed by atoms with Crippen molar-refractivity contribution in [2.45, 2.75) is 57.2 Å². The summed E-state index contributed by atoms with van der Waals surface area (Å²) in [4.78, 5) is 10.8. The standard InChI is InChI=1S/C15H26O5/c16-8-6-4-2-1-3-5-7-11-12(9-15(19)20)14(18)10-13(11)17/h5,7,11-14,16-18H,1-4,6,8-10H2,(H,19,20)/t11-,12-,13+,14+/m1/s1. The summed E-state index contributed by atoms with van der Waals surface area (Å²) in [6.45, 7) is 0.235. The Morgan fingerprint density at radius 2 is 1.80 bits per heavy atom. The molecule has 0 amide bonds. The predicted octanol–water partition coefficient (Wildman–Crippen LogP) is 1.32. The summed E-state index contributed by atoms with van der Waals surface area (Å²) in [5.74, 6) is -1.60. The van der Waals surface area contributed by atoms with Crippen LogP contribution in [0.15, 0.2) is 12.2 Å². The first-order valence-electron chi connectivity index (χ1n) is 7.41. The molecule has 0 aliphatic heterocycles. The Morgan fingerprint density at radius 3 is 2.45 bits per heavy atom. The van der Waals surface area contributed by atoms with E-state index >= 15 is 0 Å². The van der Waals surface area contributed by atoms with Gasteiger partial charge in [-0.15, -0.1) is 0 Å². The van der Waals surface area contributed by atoms with E-state index in [-0.39, 0.29) is 25.4 Å². The van der Waals surface area contributed by atoms with Gasteiger partial charge in [-0.25, -0.2) is 0 Å². The second-order valence-corrected chi connectivity index (χ2v) is 5.56. The van der Waals surface area contributed by atoms with Gasteiger partial charge in [0.05, 0.1) is 18.6 Å². The van der Waals surface area contributed by atoms with Crippen molar-refractivity contribution >= 4 is 5.97 Å². The lowest BCUT2D eigenvalue weighted by Gasteiger charge is -2.18. The van der Waals surface area contributed by atoms with E-state index in [9.17, 15) is 15.0 Å². The maximum atomic E-state index is 10.8. The number of rotatable bonds is 9. The van der Waals surface area contributed by atoms with Crippen molar-refractivity contribution in [2.75, 3.05) is 6.61 Å². The lowest BCUT2D eigenvalue weighted by atomic mass is 9.90. The van der Waals surface area contributed by atoms with Crippen LogP contribution in [0, 0.1) is 11.8 Å². The Labute approximate surface area is 119 Å². The molecule has 0 unspecified atom stereocenters. The minimum absolute atomic E-state index is 0.107. The van der Waals surface area contributed by atoms with Crippen LogP contribution in [-0.2, 0) is 4.79 Å². The van der Waals surface area contributed by atoms with E-state index in [1.165, 1.54) is 0 Å². The van der Waals surface area contributed by atoms with Gasteiger partial charge in [0, 0.05) is 24.9 Å². The highest BCUT2D eigenvalue weighted by Gasteiger charge is 2.41. The zero-order chi connectivity index (χ0) is 15.0. The highest BCUT2D eigenvalue weighted by Crippen LogP contribution is 2.36. The van der Waals surface area contributed by atoms with E-state index in [4.69, 9.17) is 10.2 Å². The fourth-order valence-corrected chi connectivity index (χ4v) is 2.85. The van der Waals surface area contributed by atoms with E-state index in [2.05, 4.69) is 0 Å². The molecule has 1 aliphatic rings. The van der Waals surface area contributed by atoms with Crippen LogP contribution in [0.3, 0.4) is 0 Å². The van der Waals surface area contributed by atoms with E-state index in [1.807, 2.05) is 12.2 Å². The SMILES string of the molecule is O=C(O)C[C@@H]1[C@@H](C=CCCCCCCO)[C@@H](O)C[C@@H]1O. The first-order valence-corrected chi connectivity index (χ1v) is 7.41. The molecular weight excluding hydrogens is 260 g/mol. The molecule has 0 aromatic rings. The predicted molar refractivity (Wildman–Crippen MR) is 75.2 cm³/mol.